The molecule has 0 aliphatic rings. The van der Waals surface area contributed by atoms with E-state index in [1.165, 1.54) is 48.5 Å². The number of nitrogens with zero attached hydrogens (tertiary/aromatic N) is 2. The van der Waals surface area contributed by atoms with E-state index in [9.17, 15) is 29.8 Å². The molecule has 0 aliphatic heterocycles. The number of rotatable bonds is 7. The molecule has 10 nitrogen and oxygen atoms in total. The minimum atomic E-state index is -0.551. The van der Waals surface area contributed by atoms with Crippen LogP contribution in [0.25, 0.3) is 0 Å². The summed E-state index contributed by atoms with van der Waals surface area (Å²) in [5.74, 6) is -0.912. The van der Waals surface area contributed by atoms with E-state index in [0.29, 0.717) is 17.8 Å². The van der Waals surface area contributed by atoms with Gasteiger partial charge in [0, 0.05) is 46.8 Å². The van der Waals surface area contributed by atoms with Crippen molar-refractivity contribution in [3.63, 3.8) is 0 Å². The molecule has 32 heavy (non-hydrogen) atoms. The number of aryl methyl sites for hydroxylation is 1. The zero-order valence-electron chi connectivity index (χ0n) is 16.9. The molecule has 0 bridgehead atoms. The molecule has 0 radical (unpaired) electrons. The topological polar surface area (TPSA) is 144 Å². The van der Waals surface area contributed by atoms with Crippen LogP contribution in [0.3, 0.4) is 0 Å². The summed E-state index contributed by atoms with van der Waals surface area (Å²) in [6, 6.07) is 15.4. The summed E-state index contributed by atoms with van der Waals surface area (Å²) in [5, 5.41) is 27.0. The number of nitro benzene ring substituents is 2. The summed E-state index contributed by atoms with van der Waals surface area (Å²) in [6.07, 6.45) is 0.618. The highest BCUT2D eigenvalue weighted by molar-refractivity contribution is 6.07. The molecule has 3 rings (SSSR count). The molecule has 0 spiro atoms. The van der Waals surface area contributed by atoms with Gasteiger partial charge in [-0.1, -0.05) is 13.0 Å². The largest absolute Gasteiger partial charge is 0.322 e. The van der Waals surface area contributed by atoms with E-state index >= 15 is 0 Å². The average Bonchev–Trinajstić information content (AvgIpc) is 2.79. The van der Waals surface area contributed by atoms with Crippen LogP contribution in [0.4, 0.5) is 22.7 Å². The van der Waals surface area contributed by atoms with Crippen molar-refractivity contribution in [3.05, 3.63) is 104 Å². The number of nitro groups is 2. The summed E-state index contributed by atoms with van der Waals surface area (Å²) in [4.78, 5) is 45.5. The van der Waals surface area contributed by atoms with Gasteiger partial charge < -0.3 is 10.6 Å². The Morgan fingerprint density at radius 3 is 1.66 bits per heavy atom. The average molecular weight is 434 g/mol. The van der Waals surface area contributed by atoms with Crippen LogP contribution in [0.1, 0.15) is 33.2 Å². The second-order valence-corrected chi connectivity index (χ2v) is 6.74. The highest BCUT2D eigenvalue weighted by atomic mass is 16.6. The molecule has 0 aliphatic carbocycles. The molecule has 0 heterocycles. The highest BCUT2D eigenvalue weighted by Gasteiger charge is 2.14. The molecule has 2 amide bonds. The lowest BCUT2D eigenvalue weighted by Crippen LogP contribution is -2.15. The van der Waals surface area contributed by atoms with Crippen LogP contribution in [-0.2, 0) is 6.42 Å². The lowest BCUT2D eigenvalue weighted by atomic mass is 10.1. The van der Waals surface area contributed by atoms with Gasteiger partial charge in [0.2, 0.25) is 0 Å². The first-order valence-electron chi connectivity index (χ1n) is 9.53. The fourth-order valence-electron chi connectivity index (χ4n) is 2.95. The van der Waals surface area contributed by atoms with E-state index in [1.54, 1.807) is 18.2 Å². The maximum Gasteiger partial charge on any atom is 0.269 e. The normalized spacial score (nSPS) is 10.3. The zero-order chi connectivity index (χ0) is 23.3. The second-order valence-electron chi connectivity index (χ2n) is 6.74. The summed E-state index contributed by atoms with van der Waals surface area (Å²) < 4.78 is 0. The van der Waals surface area contributed by atoms with Crippen molar-refractivity contribution in [1.82, 2.24) is 0 Å². The summed E-state index contributed by atoms with van der Waals surface area (Å²) in [6.45, 7) is 1.91. The maximum atomic E-state index is 12.6. The second kappa shape index (κ2) is 9.47. The number of anilines is 2. The fraction of sp³-hybridized carbons (Fsp3) is 0.0909. The molecule has 0 aromatic heterocycles. The van der Waals surface area contributed by atoms with Gasteiger partial charge in [0.15, 0.2) is 0 Å². The Morgan fingerprint density at radius 2 is 1.22 bits per heavy atom. The Bertz CT molecular complexity index is 1190. The summed E-state index contributed by atoms with van der Waals surface area (Å²) in [7, 11) is 0. The molecule has 0 saturated heterocycles. The summed E-state index contributed by atoms with van der Waals surface area (Å²) >= 11 is 0. The number of amides is 2. The van der Waals surface area contributed by atoms with Crippen molar-refractivity contribution < 1.29 is 19.4 Å². The molecule has 0 unspecified atom stereocenters. The van der Waals surface area contributed by atoms with E-state index in [2.05, 4.69) is 10.6 Å². The minimum Gasteiger partial charge on any atom is -0.322 e. The van der Waals surface area contributed by atoms with E-state index < -0.39 is 21.7 Å². The summed E-state index contributed by atoms with van der Waals surface area (Å²) in [5.41, 5.74) is 1.98. The van der Waals surface area contributed by atoms with Crippen molar-refractivity contribution in [1.29, 1.82) is 0 Å². The Labute approximate surface area is 182 Å². The Hall–Kier alpha value is -4.60. The molecular formula is C22H18N4O6. The molecular weight excluding hydrogens is 416 g/mol. The first-order chi connectivity index (χ1) is 15.3. The Morgan fingerprint density at radius 1 is 0.750 bits per heavy atom. The van der Waals surface area contributed by atoms with E-state index in [1.807, 2.05) is 6.92 Å². The van der Waals surface area contributed by atoms with Gasteiger partial charge in [-0.05, 0) is 48.4 Å². The lowest BCUT2D eigenvalue weighted by molar-refractivity contribution is -0.385. The molecule has 0 fully saturated rings. The number of nitrogens with one attached hydrogen (secondary N) is 2. The first-order valence-corrected chi connectivity index (χ1v) is 9.53. The smallest absolute Gasteiger partial charge is 0.269 e. The fourth-order valence-corrected chi connectivity index (χ4v) is 2.95. The van der Waals surface area contributed by atoms with Gasteiger partial charge in [0.25, 0.3) is 23.2 Å². The van der Waals surface area contributed by atoms with E-state index in [-0.39, 0.29) is 22.5 Å². The van der Waals surface area contributed by atoms with Gasteiger partial charge in [0.05, 0.1) is 9.85 Å². The van der Waals surface area contributed by atoms with Gasteiger partial charge in [-0.2, -0.15) is 0 Å². The van der Waals surface area contributed by atoms with Gasteiger partial charge >= 0.3 is 0 Å². The van der Waals surface area contributed by atoms with Crippen molar-refractivity contribution in [2.24, 2.45) is 0 Å². The molecule has 3 aromatic rings. The standard InChI is InChI=1S/C22H18N4O6/c1-2-14-3-8-17(23-21(27)15-4-9-18(10-5-15)25(29)30)13-20(14)24-22(28)16-6-11-19(12-7-16)26(31)32/h3-13H,2H2,1H3,(H,23,27)(H,24,28). The van der Waals surface area contributed by atoms with Crippen LogP contribution < -0.4 is 10.6 Å². The van der Waals surface area contributed by atoms with Crippen LogP contribution in [0.15, 0.2) is 66.7 Å². The SMILES string of the molecule is CCc1ccc(NC(=O)c2ccc([N+](=O)[O-])cc2)cc1NC(=O)c1ccc([N+](=O)[O-])cc1. The third kappa shape index (κ3) is 5.11. The molecule has 2 N–H and O–H groups in total. The van der Waals surface area contributed by atoms with Gasteiger partial charge in [0.1, 0.15) is 0 Å². The van der Waals surface area contributed by atoms with Crippen molar-refractivity contribution in [2.45, 2.75) is 13.3 Å². The number of non-ortho nitro benzene ring substituents is 2. The van der Waals surface area contributed by atoms with Crippen LogP contribution in [0.5, 0.6) is 0 Å². The monoisotopic (exact) mass is 434 g/mol. The van der Waals surface area contributed by atoms with Gasteiger partial charge in [-0.15, -0.1) is 0 Å². The number of carbonyl (C=O) groups excluding carboxylic acids is 2. The van der Waals surface area contributed by atoms with Crippen LogP contribution in [0.2, 0.25) is 0 Å². The molecule has 3 aromatic carbocycles. The van der Waals surface area contributed by atoms with Crippen molar-refractivity contribution >= 4 is 34.6 Å². The highest BCUT2D eigenvalue weighted by Crippen LogP contribution is 2.24. The maximum absolute atomic E-state index is 12.6. The van der Waals surface area contributed by atoms with Crippen LogP contribution >= 0.6 is 0 Å². The number of benzene rings is 3. The number of hydrogen-bond acceptors (Lipinski definition) is 6. The van der Waals surface area contributed by atoms with Crippen molar-refractivity contribution in [3.8, 4) is 0 Å². The first kappa shape index (κ1) is 22.1. The Balaban J connectivity index is 1.77. The lowest BCUT2D eigenvalue weighted by Gasteiger charge is -2.13. The number of carbonyl (C=O) groups is 2. The molecule has 10 heteroatoms. The van der Waals surface area contributed by atoms with Gasteiger partial charge in [-0.25, -0.2) is 0 Å². The molecule has 0 atom stereocenters. The Kier molecular flexibility index (Phi) is 6.54. The van der Waals surface area contributed by atoms with Gasteiger partial charge in [-0.3, -0.25) is 29.8 Å². The van der Waals surface area contributed by atoms with E-state index in [0.717, 1.165) is 5.56 Å². The van der Waals surface area contributed by atoms with Crippen LogP contribution in [-0.4, -0.2) is 21.7 Å². The third-order valence-corrected chi connectivity index (χ3v) is 4.68. The predicted octanol–water partition coefficient (Wildman–Crippen LogP) is 4.57. The van der Waals surface area contributed by atoms with Crippen LogP contribution in [0, 0.1) is 20.2 Å². The minimum absolute atomic E-state index is 0.119. The predicted molar refractivity (Wildman–Crippen MR) is 118 cm³/mol. The zero-order valence-corrected chi connectivity index (χ0v) is 16.9. The molecule has 0 saturated carbocycles. The molecule has 162 valence electrons. The van der Waals surface area contributed by atoms with E-state index in [4.69, 9.17) is 0 Å². The third-order valence-electron chi connectivity index (χ3n) is 4.68. The van der Waals surface area contributed by atoms with Crippen molar-refractivity contribution in [2.75, 3.05) is 10.6 Å². The number of hydrogen-bond donors (Lipinski definition) is 2. The quantitative estimate of drug-likeness (QED) is 0.412.